The fourth-order valence-electron chi connectivity index (χ4n) is 8.12. The Kier molecular flexibility index (Phi) is 14.6. The van der Waals surface area contributed by atoms with Gasteiger partial charge in [-0.3, -0.25) is 23.4 Å². The van der Waals surface area contributed by atoms with E-state index in [4.69, 9.17) is 16.2 Å². The zero-order chi connectivity index (χ0) is 54.9. The second-order valence-corrected chi connectivity index (χ2v) is 23.8. The van der Waals surface area contributed by atoms with Gasteiger partial charge in [0.1, 0.15) is 40.9 Å². The number of nitrogens with zero attached hydrogens (tertiary/aromatic N) is 5. The van der Waals surface area contributed by atoms with Crippen LogP contribution in [0.1, 0.15) is 66.1 Å². The predicted molar refractivity (Wildman–Crippen MR) is 247 cm³/mol. The summed E-state index contributed by atoms with van der Waals surface area (Å²) < 4.78 is 225. The van der Waals surface area contributed by atoms with E-state index in [1.165, 1.54) is 44.2 Å². The summed E-state index contributed by atoms with van der Waals surface area (Å²) in [4.78, 5) is 18.4. The van der Waals surface area contributed by atoms with Crippen LogP contribution >= 0.6 is 11.6 Å². The highest BCUT2D eigenvalue weighted by molar-refractivity contribution is 7.92. The smallest absolute Gasteiger partial charge is 0.346 e. The van der Waals surface area contributed by atoms with Crippen molar-refractivity contribution in [2.45, 2.75) is 79.7 Å². The third-order valence-corrected chi connectivity index (χ3v) is 15.4. The molecular formula is C45H38ClF10N7O8S3. The number of rotatable bonds is 12. The Morgan fingerprint density at radius 2 is 1.51 bits per heavy atom. The Hall–Kier alpha value is -6.28. The lowest BCUT2D eigenvalue weighted by atomic mass is 9.93. The van der Waals surface area contributed by atoms with Crippen LogP contribution in [0.25, 0.3) is 22.0 Å². The highest BCUT2D eigenvalue weighted by atomic mass is 35.5. The van der Waals surface area contributed by atoms with E-state index in [2.05, 4.69) is 32.3 Å². The van der Waals surface area contributed by atoms with Crippen LogP contribution in [0, 0.1) is 29.4 Å². The lowest BCUT2D eigenvalue weighted by molar-refractivity contribution is -0.142. The van der Waals surface area contributed by atoms with Crippen LogP contribution in [0.2, 0.25) is 5.02 Å². The Morgan fingerprint density at radius 1 is 0.892 bits per heavy atom. The summed E-state index contributed by atoms with van der Waals surface area (Å²) in [5.74, 6) is -5.43. The molecular weight excluding hydrogens is 1090 g/mol. The minimum absolute atomic E-state index is 0.0741. The zero-order valence-electron chi connectivity index (χ0n) is 38.4. The van der Waals surface area contributed by atoms with Crippen molar-refractivity contribution in [3.05, 3.63) is 123 Å². The summed E-state index contributed by atoms with van der Waals surface area (Å²) in [5, 5.41) is 9.01. The van der Waals surface area contributed by atoms with Gasteiger partial charge in [-0.1, -0.05) is 41.8 Å². The minimum Gasteiger partial charge on any atom is -0.346 e. The number of pyridine rings is 1. The number of carbonyl (C=O) groups excluding carboxylic acids is 1. The first-order chi connectivity index (χ1) is 33.9. The van der Waals surface area contributed by atoms with E-state index in [9.17, 15) is 65.2 Å². The normalized spacial score (nSPS) is 16.8. The van der Waals surface area contributed by atoms with Gasteiger partial charge in [-0.05, 0) is 86.6 Å². The fraction of sp³-hybridized carbons (Fsp3) is 0.333. The lowest BCUT2D eigenvalue weighted by Gasteiger charge is -2.23. The van der Waals surface area contributed by atoms with Crippen LogP contribution in [-0.4, -0.2) is 83.7 Å². The average Bonchev–Trinajstić information content (AvgIpc) is 3.78. The predicted octanol–water partition coefficient (Wildman–Crippen LogP) is 8.60. The molecule has 3 aromatic heterocycles. The molecule has 74 heavy (non-hydrogen) atoms. The van der Waals surface area contributed by atoms with Crippen LogP contribution in [0.15, 0.2) is 77.7 Å². The second kappa shape index (κ2) is 19.5. The number of carbonyl (C=O) groups is 1. The molecule has 0 bridgehead atoms. The quantitative estimate of drug-likeness (QED) is 0.0600. The molecule has 1 fully saturated rings. The van der Waals surface area contributed by atoms with Crippen molar-refractivity contribution in [1.29, 1.82) is 0 Å². The number of fused-ring (bicyclic) bond motifs is 4. The average molecular weight is 1130 g/mol. The molecule has 0 radical (unpaired) electrons. The molecule has 29 heteroatoms. The first-order valence-corrected chi connectivity index (χ1v) is 26.9. The van der Waals surface area contributed by atoms with Crippen molar-refractivity contribution in [2.24, 2.45) is 5.92 Å². The summed E-state index contributed by atoms with van der Waals surface area (Å²) in [6, 6.07) is 12.7. The summed E-state index contributed by atoms with van der Waals surface area (Å²) >= 11 is 6.46. The maximum atomic E-state index is 15.5. The number of anilines is 1. The molecule has 2 aliphatic carbocycles. The van der Waals surface area contributed by atoms with Gasteiger partial charge in [-0.15, -0.1) is 0 Å². The minimum atomic E-state index is -5.19. The van der Waals surface area contributed by atoms with E-state index >= 15 is 8.78 Å². The van der Waals surface area contributed by atoms with Gasteiger partial charge < -0.3 is 5.32 Å². The number of hydrogen-bond acceptors (Lipinski definition) is 10. The number of sulfonamides is 1. The highest BCUT2D eigenvalue weighted by Crippen LogP contribution is 2.68. The maximum Gasteiger partial charge on any atom is 0.435 e. The molecule has 15 nitrogen and oxygen atoms in total. The largest absolute Gasteiger partial charge is 0.435 e. The number of benzene rings is 3. The summed E-state index contributed by atoms with van der Waals surface area (Å²) in [6.45, 7) is -0.547. The molecule has 2 aliphatic rings. The van der Waals surface area contributed by atoms with Crippen molar-refractivity contribution in [2.75, 3.05) is 17.2 Å². The van der Waals surface area contributed by atoms with Gasteiger partial charge in [0.05, 0.1) is 38.8 Å². The van der Waals surface area contributed by atoms with Crippen LogP contribution in [0.4, 0.5) is 49.7 Å². The third kappa shape index (κ3) is 12.1. The first kappa shape index (κ1) is 55.5. The van der Waals surface area contributed by atoms with Crippen molar-refractivity contribution < 1.29 is 78.5 Å². The summed E-state index contributed by atoms with van der Waals surface area (Å²) in [6.07, 6.45) is -9.46. The van der Waals surface area contributed by atoms with E-state index in [-0.39, 0.29) is 54.5 Å². The number of amides is 1. The topological polar surface area (TPSA) is 212 Å². The van der Waals surface area contributed by atoms with Crippen LogP contribution < -0.4 is 10.0 Å². The summed E-state index contributed by atoms with van der Waals surface area (Å²) in [7, 11) is -12.1. The standard InChI is InChI=1S/C39H32ClF10N7O5S2.C6H6O3S/c1-36(2,63(3,59)60)10-9-21-5-6-22(23-7-8-26(40)30-32(23)57(17-37(43,44)45)54-35(30)55-64(4,61)62)31(51-21)27(13-18-11-19(41)14-20(42)12-18)52-28(58)16-56-34-29(33(53-56)39(48,49)50)24-15-25(24)38(34,46)47;7-10(8,9)6-4-2-1-3-5-6/h5-8,11-12,14,24-25,27H,13,15-17H2,1-4H3,(H,52,58)(H,54,55);1-5H,(H,7,8,9)/t24-,25+,27-;/m0./s1. The van der Waals surface area contributed by atoms with Crippen LogP contribution in [-0.2, 0) is 66.4 Å². The molecule has 1 amide bonds. The molecule has 3 N–H and O–H groups in total. The monoisotopic (exact) mass is 1130 g/mol. The molecule has 0 saturated heterocycles. The first-order valence-electron chi connectivity index (χ1n) is 21.3. The van der Waals surface area contributed by atoms with E-state index in [1.807, 2.05) is 4.72 Å². The van der Waals surface area contributed by atoms with Gasteiger partial charge in [0.25, 0.3) is 16.0 Å². The SMILES string of the molecule is CC(C)(C#Cc1ccc(-c2ccc(Cl)c3c(NS(C)(=O)=O)nn(CC(F)(F)F)c23)c([C@H](Cc2cc(F)cc(F)c2)NC(=O)Cn2nc(C(F)(F)F)c3c2C(F)(F)[C@@H]2C[C@H]32)n1)S(C)(=O)=O.O=S(=O)(O)c1ccccc1. The Bertz CT molecular complexity index is 3620. The zero-order valence-corrected chi connectivity index (χ0v) is 41.6. The molecule has 3 atom stereocenters. The van der Waals surface area contributed by atoms with E-state index in [1.54, 1.807) is 18.2 Å². The molecule has 6 aromatic rings. The van der Waals surface area contributed by atoms with Gasteiger partial charge >= 0.3 is 12.4 Å². The van der Waals surface area contributed by atoms with E-state index < -0.39 is 136 Å². The summed E-state index contributed by atoms with van der Waals surface area (Å²) in [5.41, 5.74) is -5.17. The van der Waals surface area contributed by atoms with Crippen LogP contribution in [0.3, 0.4) is 0 Å². The van der Waals surface area contributed by atoms with Crippen molar-refractivity contribution in [1.82, 2.24) is 29.9 Å². The van der Waals surface area contributed by atoms with Crippen molar-refractivity contribution in [3.8, 4) is 23.0 Å². The van der Waals surface area contributed by atoms with Gasteiger partial charge in [0.2, 0.25) is 15.9 Å². The van der Waals surface area contributed by atoms with Gasteiger partial charge in [0, 0.05) is 34.9 Å². The lowest BCUT2D eigenvalue weighted by Crippen LogP contribution is -2.35. The second-order valence-electron chi connectivity index (χ2n) is 17.7. The fourth-order valence-corrected chi connectivity index (χ4v) is 9.59. The molecule has 0 aliphatic heterocycles. The number of nitrogens with one attached hydrogen (secondary N) is 2. The molecule has 3 heterocycles. The number of aromatic nitrogens is 5. The molecule has 8 rings (SSSR count). The molecule has 0 unspecified atom stereocenters. The molecule has 396 valence electrons. The molecule has 3 aromatic carbocycles. The Balaban J connectivity index is 0.000000716. The Labute approximate surface area is 420 Å². The third-order valence-electron chi connectivity index (χ3n) is 11.6. The van der Waals surface area contributed by atoms with Crippen molar-refractivity contribution in [3.63, 3.8) is 0 Å². The molecule has 1 saturated carbocycles. The van der Waals surface area contributed by atoms with Crippen molar-refractivity contribution >= 4 is 64.2 Å². The van der Waals surface area contributed by atoms with E-state index in [0.717, 1.165) is 24.5 Å². The highest BCUT2D eigenvalue weighted by Gasteiger charge is 2.68. The number of sulfone groups is 1. The number of hydrogen-bond donors (Lipinski definition) is 3. The van der Waals surface area contributed by atoms with Gasteiger partial charge in [-0.2, -0.15) is 53.7 Å². The maximum absolute atomic E-state index is 15.5. The Morgan fingerprint density at radius 3 is 2.07 bits per heavy atom. The van der Waals surface area contributed by atoms with Crippen LogP contribution in [0.5, 0.6) is 0 Å². The van der Waals surface area contributed by atoms with Gasteiger partial charge in [0.15, 0.2) is 21.3 Å². The number of alkyl halides is 8. The van der Waals surface area contributed by atoms with Gasteiger partial charge in [-0.25, -0.2) is 30.6 Å². The molecule has 0 spiro atoms. The van der Waals surface area contributed by atoms with E-state index in [0.29, 0.717) is 17.0 Å². The number of halogens is 11.